The number of amides is 1. The summed E-state index contributed by atoms with van der Waals surface area (Å²) in [7, 11) is 1.42. The molecule has 0 fully saturated rings. The average molecular weight is 368 g/mol. The van der Waals surface area contributed by atoms with Crippen molar-refractivity contribution in [2.45, 2.75) is 13.0 Å². The van der Waals surface area contributed by atoms with Gasteiger partial charge < -0.3 is 19.9 Å². The van der Waals surface area contributed by atoms with Crippen LogP contribution in [0.25, 0.3) is 0 Å². The standard InChI is InChI=1S/C17H15ClFNO5/c1-9(16(22)20-14-6-3-10(19)7-13(14)18)25-17(23)12-5-4-11(24-2)8-15(12)21/h3-9,21H,1-2H3,(H,20,22)/t9-/m0/s1. The molecule has 0 aromatic heterocycles. The van der Waals surface area contributed by atoms with Gasteiger partial charge in [-0.1, -0.05) is 11.6 Å². The third-order valence-corrected chi connectivity index (χ3v) is 3.58. The van der Waals surface area contributed by atoms with Crippen LogP contribution in [0.5, 0.6) is 11.5 Å². The van der Waals surface area contributed by atoms with Gasteiger partial charge in [-0.3, -0.25) is 4.79 Å². The maximum atomic E-state index is 13.0. The van der Waals surface area contributed by atoms with E-state index in [0.717, 1.165) is 12.1 Å². The van der Waals surface area contributed by atoms with E-state index in [4.69, 9.17) is 21.1 Å². The van der Waals surface area contributed by atoms with E-state index in [1.54, 1.807) is 0 Å². The van der Waals surface area contributed by atoms with Crippen molar-refractivity contribution in [3.8, 4) is 11.5 Å². The van der Waals surface area contributed by atoms with E-state index in [0.29, 0.717) is 5.75 Å². The minimum Gasteiger partial charge on any atom is -0.507 e. The molecule has 0 aliphatic heterocycles. The second kappa shape index (κ2) is 7.85. The first-order chi connectivity index (χ1) is 11.8. The summed E-state index contributed by atoms with van der Waals surface area (Å²) >= 11 is 5.82. The number of phenolic OH excluding ortho intramolecular Hbond substituents is 1. The Hall–Kier alpha value is -2.80. The summed E-state index contributed by atoms with van der Waals surface area (Å²) in [4.78, 5) is 24.1. The van der Waals surface area contributed by atoms with E-state index >= 15 is 0 Å². The van der Waals surface area contributed by atoms with Gasteiger partial charge in [0.15, 0.2) is 6.10 Å². The zero-order valence-corrected chi connectivity index (χ0v) is 14.1. The highest BCUT2D eigenvalue weighted by Gasteiger charge is 2.22. The maximum absolute atomic E-state index is 13.0. The van der Waals surface area contributed by atoms with Gasteiger partial charge in [0.2, 0.25) is 0 Å². The van der Waals surface area contributed by atoms with Crippen molar-refractivity contribution in [1.29, 1.82) is 0 Å². The molecule has 0 aliphatic carbocycles. The molecule has 1 atom stereocenters. The third kappa shape index (κ3) is 4.60. The van der Waals surface area contributed by atoms with E-state index in [2.05, 4.69) is 5.32 Å². The van der Waals surface area contributed by atoms with Crippen LogP contribution in [0.4, 0.5) is 10.1 Å². The highest BCUT2D eigenvalue weighted by Crippen LogP contribution is 2.25. The van der Waals surface area contributed by atoms with E-state index in [9.17, 15) is 19.1 Å². The van der Waals surface area contributed by atoms with E-state index in [1.165, 1.54) is 38.3 Å². The van der Waals surface area contributed by atoms with Crippen LogP contribution in [0.2, 0.25) is 5.02 Å². The van der Waals surface area contributed by atoms with Crippen LogP contribution in [0, 0.1) is 5.82 Å². The Morgan fingerprint density at radius 1 is 1.24 bits per heavy atom. The molecule has 0 radical (unpaired) electrons. The number of halogens is 2. The molecule has 0 saturated heterocycles. The van der Waals surface area contributed by atoms with Crippen LogP contribution < -0.4 is 10.1 Å². The lowest BCUT2D eigenvalue weighted by Crippen LogP contribution is -2.30. The van der Waals surface area contributed by atoms with Gasteiger partial charge in [0.25, 0.3) is 5.91 Å². The number of benzene rings is 2. The number of methoxy groups -OCH3 is 1. The van der Waals surface area contributed by atoms with E-state index < -0.39 is 23.8 Å². The summed E-state index contributed by atoms with van der Waals surface area (Å²) in [6, 6.07) is 7.51. The third-order valence-electron chi connectivity index (χ3n) is 3.27. The quantitative estimate of drug-likeness (QED) is 0.791. The van der Waals surface area contributed by atoms with Gasteiger partial charge in [-0.2, -0.15) is 0 Å². The minimum atomic E-state index is -1.17. The van der Waals surface area contributed by atoms with E-state index in [1.807, 2.05) is 0 Å². The highest BCUT2D eigenvalue weighted by molar-refractivity contribution is 6.33. The first-order valence-corrected chi connectivity index (χ1v) is 7.53. The monoisotopic (exact) mass is 367 g/mol. The molecule has 2 N–H and O–H groups in total. The number of anilines is 1. The Kier molecular flexibility index (Phi) is 5.82. The lowest BCUT2D eigenvalue weighted by molar-refractivity contribution is -0.123. The molecule has 2 aromatic rings. The predicted octanol–water partition coefficient (Wildman–Crippen LogP) is 3.38. The van der Waals surface area contributed by atoms with Crippen LogP contribution in [0.3, 0.4) is 0 Å². The number of ether oxygens (including phenoxy) is 2. The zero-order valence-electron chi connectivity index (χ0n) is 13.4. The lowest BCUT2D eigenvalue weighted by Gasteiger charge is -2.15. The summed E-state index contributed by atoms with van der Waals surface area (Å²) < 4.78 is 22.9. The number of carbonyl (C=O) groups is 2. The smallest absolute Gasteiger partial charge is 0.342 e. The summed E-state index contributed by atoms with van der Waals surface area (Å²) in [6.45, 7) is 1.35. The average Bonchev–Trinajstić information content (AvgIpc) is 2.56. The van der Waals surface area contributed by atoms with Gasteiger partial charge in [0.05, 0.1) is 17.8 Å². The molecule has 2 aromatic carbocycles. The molecular weight excluding hydrogens is 353 g/mol. The largest absolute Gasteiger partial charge is 0.507 e. The molecular formula is C17H15ClFNO5. The fourth-order valence-corrected chi connectivity index (χ4v) is 2.13. The number of esters is 1. The first kappa shape index (κ1) is 18.5. The Morgan fingerprint density at radius 2 is 1.96 bits per heavy atom. The predicted molar refractivity (Wildman–Crippen MR) is 89.6 cm³/mol. The first-order valence-electron chi connectivity index (χ1n) is 7.15. The Bertz CT molecular complexity index is 812. The lowest BCUT2D eigenvalue weighted by atomic mass is 10.2. The van der Waals surface area contributed by atoms with Crippen LogP contribution in [0.1, 0.15) is 17.3 Å². The molecule has 0 heterocycles. The fraction of sp³-hybridized carbons (Fsp3) is 0.176. The number of aromatic hydroxyl groups is 1. The van der Waals surface area contributed by atoms with Gasteiger partial charge in [0.1, 0.15) is 22.9 Å². The molecule has 0 spiro atoms. The number of phenols is 1. The number of hydrogen-bond donors (Lipinski definition) is 2. The van der Waals surface area contributed by atoms with Crippen LogP contribution in [-0.2, 0) is 9.53 Å². The van der Waals surface area contributed by atoms with Crippen molar-refractivity contribution in [3.63, 3.8) is 0 Å². The van der Waals surface area contributed by atoms with E-state index in [-0.39, 0.29) is 22.0 Å². The van der Waals surface area contributed by atoms with Crippen molar-refractivity contribution < 1.29 is 28.6 Å². The van der Waals surface area contributed by atoms with Gasteiger partial charge in [-0.05, 0) is 37.3 Å². The number of rotatable bonds is 5. The summed E-state index contributed by atoms with van der Waals surface area (Å²) in [5.41, 5.74) is 0.0727. The Labute approximate surface area is 148 Å². The highest BCUT2D eigenvalue weighted by atomic mass is 35.5. The molecule has 2 rings (SSSR count). The van der Waals surface area contributed by atoms with Crippen molar-refractivity contribution in [2.75, 3.05) is 12.4 Å². The SMILES string of the molecule is COc1ccc(C(=O)O[C@@H](C)C(=O)Nc2ccc(F)cc2Cl)c(O)c1. The molecule has 0 aliphatic rings. The normalized spacial score (nSPS) is 11.5. The molecule has 6 nitrogen and oxygen atoms in total. The maximum Gasteiger partial charge on any atom is 0.342 e. The second-order valence-corrected chi connectivity index (χ2v) is 5.45. The molecule has 132 valence electrons. The topological polar surface area (TPSA) is 84.9 Å². The number of hydrogen-bond acceptors (Lipinski definition) is 5. The fourth-order valence-electron chi connectivity index (χ4n) is 1.91. The zero-order chi connectivity index (χ0) is 18.6. The van der Waals surface area contributed by atoms with Crippen LogP contribution >= 0.6 is 11.6 Å². The van der Waals surface area contributed by atoms with Crippen molar-refractivity contribution >= 4 is 29.2 Å². The van der Waals surface area contributed by atoms with Gasteiger partial charge >= 0.3 is 5.97 Å². The second-order valence-electron chi connectivity index (χ2n) is 5.04. The summed E-state index contributed by atoms with van der Waals surface area (Å²) in [6.07, 6.45) is -1.17. The molecule has 25 heavy (non-hydrogen) atoms. The molecule has 1 amide bonds. The van der Waals surface area contributed by atoms with Crippen molar-refractivity contribution in [3.05, 3.63) is 52.8 Å². The molecule has 0 saturated carbocycles. The minimum absolute atomic E-state index is 0.0136. The van der Waals surface area contributed by atoms with Gasteiger partial charge in [0, 0.05) is 6.07 Å². The van der Waals surface area contributed by atoms with Gasteiger partial charge in [-0.15, -0.1) is 0 Å². The van der Waals surface area contributed by atoms with Crippen LogP contribution in [-0.4, -0.2) is 30.2 Å². The summed E-state index contributed by atoms with van der Waals surface area (Å²) in [5, 5.41) is 12.3. The van der Waals surface area contributed by atoms with Crippen molar-refractivity contribution in [2.24, 2.45) is 0 Å². The Balaban J connectivity index is 2.04. The van der Waals surface area contributed by atoms with Crippen LogP contribution in [0.15, 0.2) is 36.4 Å². The molecule has 0 bridgehead atoms. The molecule has 0 unspecified atom stereocenters. The van der Waals surface area contributed by atoms with Gasteiger partial charge in [-0.25, -0.2) is 9.18 Å². The van der Waals surface area contributed by atoms with Crippen molar-refractivity contribution in [1.82, 2.24) is 0 Å². The number of nitrogens with one attached hydrogen (secondary N) is 1. The Morgan fingerprint density at radius 3 is 2.56 bits per heavy atom. The summed E-state index contributed by atoms with van der Waals surface area (Å²) in [5.74, 6) is -2.05. The number of carbonyl (C=O) groups excluding carboxylic acids is 2. The molecule has 8 heteroatoms.